The average molecular weight is 431 g/mol. The largest absolute Gasteiger partial charge is 0.279 e. The lowest BCUT2D eigenvalue weighted by Crippen LogP contribution is -2.49. The second-order valence-electron chi connectivity index (χ2n) is 9.07. The number of piperidine rings is 2. The molecule has 0 spiro atoms. The molecule has 0 saturated carbocycles. The number of rotatable bonds is 5. The highest BCUT2D eigenvalue weighted by molar-refractivity contribution is 5.75. The maximum atomic E-state index is 4.71. The minimum absolute atomic E-state index is 0.00547. The van der Waals surface area contributed by atoms with Gasteiger partial charge in [0.25, 0.3) is 0 Å². The molecule has 2 aromatic heterocycles. The monoisotopic (exact) mass is 430 g/mol. The molecule has 4 aromatic rings. The summed E-state index contributed by atoms with van der Waals surface area (Å²) in [7, 11) is 0. The van der Waals surface area contributed by atoms with Crippen molar-refractivity contribution in [2.75, 3.05) is 26.2 Å². The summed E-state index contributed by atoms with van der Waals surface area (Å²) in [6, 6.07) is 16.6. The molecule has 166 valence electrons. The van der Waals surface area contributed by atoms with E-state index < -0.39 is 0 Å². The highest BCUT2D eigenvalue weighted by Gasteiger charge is 2.39. The minimum Gasteiger partial charge on any atom is -0.279 e. The van der Waals surface area contributed by atoms with Gasteiger partial charge in [0.2, 0.25) is 0 Å². The zero-order valence-corrected chi connectivity index (χ0v) is 18.4. The Bertz CT molecular complexity index is 1090. The fourth-order valence-corrected chi connectivity index (χ4v) is 5.47. The lowest BCUT2D eigenvalue weighted by Gasteiger charge is -2.44. The van der Waals surface area contributed by atoms with Crippen molar-refractivity contribution >= 4 is 22.1 Å². The number of nitrogens with zero attached hydrogens (tertiary/aromatic N) is 8. The number of aromatic nitrogens is 6. The molecule has 0 aliphatic carbocycles. The van der Waals surface area contributed by atoms with Crippen molar-refractivity contribution in [2.45, 2.75) is 50.9 Å². The Kier molecular flexibility index (Phi) is 5.32. The molecule has 2 fully saturated rings. The molecule has 0 amide bonds. The predicted octanol–water partition coefficient (Wildman–Crippen LogP) is 3.85. The Morgan fingerprint density at radius 3 is 1.38 bits per heavy atom. The maximum absolute atomic E-state index is 4.71. The molecule has 0 bridgehead atoms. The van der Waals surface area contributed by atoms with Crippen molar-refractivity contribution < 1.29 is 0 Å². The summed E-state index contributed by atoms with van der Waals surface area (Å²) in [5.41, 5.74) is 4.04. The van der Waals surface area contributed by atoms with Gasteiger partial charge in [-0.3, -0.25) is 9.80 Å². The zero-order chi connectivity index (χ0) is 21.3. The summed E-state index contributed by atoms with van der Waals surface area (Å²) >= 11 is 0. The quantitative estimate of drug-likeness (QED) is 0.479. The topological polar surface area (TPSA) is 67.9 Å². The van der Waals surface area contributed by atoms with Crippen LogP contribution < -0.4 is 0 Å². The molecule has 32 heavy (non-hydrogen) atoms. The molecule has 2 saturated heterocycles. The molecule has 2 aliphatic heterocycles. The van der Waals surface area contributed by atoms with Gasteiger partial charge in [-0.15, -0.1) is 10.2 Å². The second-order valence-corrected chi connectivity index (χ2v) is 9.07. The predicted molar refractivity (Wildman–Crippen MR) is 124 cm³/mol. The molecular formula is C24H30N8. The number of hydrogen-bond acceptors (Lipinski definition) is 6. The highest BCUT2D eigenvalue weighted by atomic mass is 15.6. The number of likely N-dealkylation sites (tertiary alicyclic amines) is 2. The summed E-state index contributed by atoms with van der Waals surface area (Å²) in [6.45, 7) is 4.26. The number of benzene rings is 2. The molecule has 6 rings (SSSR count). The molecule has 2 atom stereocenters. The van der Waals surface area contributed by atoms with Crippen LogP contribution in [0.5, 0.6) is 0 Å². The van der Waals surface area contributed by atoms with Gasteiger partial charge in [-0.05, 0) is 49.9 Å². The van der Waals surface area contributed by atoms with E-state index in [1.165, 1.54) is 38.5 Å². The SMILES string of the molecule is c1ccc2c(c1)nnn2[C@@H]([C@@H](N1CCCCC1)n1nnc2ccccc21)N1CCCCC1. The third-order valence-electron chi connectivity index (χ3n) is 7.05. The van der Waals surface area contributed by atoms with Crippen molar-refractivity contribution in [1.82, 2.24) is 39.8 Å². The Balaban J connectivity index is 1.54. The van der Waals surface area contributed by atoms with Gasteiger partial charge in [-0.25, -0.2) is 9.36 Å². The van der Waals surface area contributed by atoms with Crippen LogP contribution in [0.4, 0.5) is 0 Å². The number of fused-ring (bicyclic) bond motifs is 2. The van der Waals surface area contributed by atoms with Gasteiger partial charge in [-0.1, -0.05) is 47.5 Å². The summed E-state index contributed by atoms with van der Waals surface area (Å²) in [5, 5.41) is 18.5. The third kappa shape index (κ3) is 3.47. The lowest BCUT2D eigenvalue weighted by atomic mass is 10.1. The third-order valence-corrected chi connectivity index (χ3v) is 7.05. The lowest BCUT2D eigenvalue weighted by molar-refractivity contribution is -0.0301. The van der Waals surface area contributed by atoms with Crippen LogP contribution in [0.3, 0.4) is 0 Å². The van der Waals surface area contributed by atoms with Gasteiger partial charge >= 0.3 is 0 Å². The standard InChI is InChI=1S/C24H30N8/c1-7-15-29(16-8-1)23(31-21-13-5-3-11-19(21)25-27-31)24(30-17-9-2-10-18-30)32-22-14-6-4-12-20(22)26-28-32/h3-6,11-14,23-24H,1-2,7-10,15-18H2/t23-,24-/m0/s1. The van der Waals surface area contributed by atoms with E-state index in [4.69, 9.17) is 10.4 Å². The van der Waals surface area contributed by atoms with E-state index in [2.05, 4.69) is 53.6 Å². The van der Waals surface area contributed by atoms with Gasteiger partial charge in [-0.2, -0.15) is 0 Å². The molecule has 4 heterocycles. The van der Waals surface area contributed by atoms with Crippen molar-refractivity contribution in [3.05, 3.63) is 48.5 Å². The first kappa shape index (κ1) is 19.8. The minimum atomic E-state index is 0.00547. The van der Waals surface area contributed by atoms with Crippen LogP contribution in [0.25, 0.3) is 22.1 Å². The summed E-state index contributed by atoms with van der Waals surface area (Å²) in [6.07, 6.45) is 7.46. The molecule has 2 aliphatic rings. The van der Waals surface area contributed by atoms with Crippen LogP contribution in [0.2, 0.25) is 0 Å². The van der Waals surface area contributed by atoms with E-state index in [0.29, 0.717) is 0 Å². The van der Waals surface area contributed by atoms with E-state index in [-0.39, 0.29) is 12.3 Å². The van der Waals surface area contributed by atoms with E-state index in [1.807, 2.05) is 24.3 Å². The van der Waals surface area contributed by atoms with Crippen molar-refractivity contribution in [3.63, 3.8) is 0 Å². The fraction of sp³-hybridized carbons (Fsp3) is 0.500. The van der Waals surface area contributed by atoms with Crippen LogP contribution in [0.15, 0.2) is 48.5 Å². The van der Waals surface area contributed by atoms with Crippen molar-refractivity contribution in [1.29, 1.82) is 0 Å². The van der Waals surface area contributed by atoms with Crippen LogP contribution in [0, 0.1) is 0 Å². The van der Waals surface area contributed by atoms with Gasteiger partial charge in [0, 0.05) is 26.2 Å². The summed E-state index contributed by atoms with van der Waals surface area (Å²) < 4.78 is 4.30. The first-order chi connectivity index (χ1) is 15.9. The average Bonchev–Trinajstić information content (AvgIpc) is 3.48. The van der Waals surface area contributed by atoms with Crippen molar-refractivity contribution in [2.24, 2.45) is 0 Å². The molecule has 8 nitrogen and oxygen atoms in total. The Morgan fingerprint density at radius 2 is 0.938 bits per heavy atom. The van der Waals surface area contributed by atoms with E-state index in [1.54, 1.807) is 0 Å². The van der Waals surface area contributed by atoms with Gasteiger partial charge < -0.3 is 0 Å². The van der Waals surface area contributed by atoms with Crippen LogP contribution >= 0.6 is 0 Å². The van der Waals surface area contributed by atoms with E-state index >= 15 is 0 Å². The van der Waals surface area contributed by atoms with Gasteiger partial charge in [0.05, 0.1) is 11.0 Å². The zero-order valence-electron chi connectivity index (χ0n) is 18.4. The number of hydrogen-bond donors (Lipinski definition) is 0. The van der Waals surface area contributed by atoms with Gasteiger partial charge in [0.1, 0.15) is 23.4 Å². The van der Waals surface area contributed by atoms with E-state index in [9.17, 15) is 0 Å². The van der Waals surface area contributed by atoms with Crippen molar-refractivity contribution in [3.8, 4) is 0 Å². The molecular weight excluding hydrogens is 400 g/mol. The maximum Gasteiger partial charge on any atom is 0.143 e. The first-order valence-corrected chi connectivity index (χ1v) is 12.0. The Morgan fingerprint density at radius 1 is 0.531 bits per heavy atom. The summed E-state index contributed by atoms with van der Waals surface area (Å²) in [4.78, 5) is 5.20. The second kappa shape index (κ2) is 8.60. The highest BCUT2D eigenvalue weighted by Crippen LogP contribution is 2.36. The molecule has 8 heteroatoms. The van der Waals surface area contributed by atoms with Crippen LogP contribution in [0.1, 0.15) is 50.9 Å². The molecule has 2 aromatic carbocycles. The Hall–Kier alpha value is -2.84. The van der Waals surface area contributed by atoms with Gasteiger partial charge in [0.15, 0.2) is 0 Å². The number of para-hydroxylation sites is 2. The smallest absolute Gasteiger partial charge is 0.143 e. The van der Waals surface area contributed by atoms with E-state index in [0.717, 1.165) is 48.2 Å². The van der Waals surface area contributed by atoms with Crippen LogP contribution in [-0.2, 0) is 0 Å². The normalized spacial score (nSPS) is 20.6. The van der Waals surface area contributed by atoms with Crippen LogP contribution in [-0.4, -0.2) is 66.0 Å². The molecule has 0 N–H and O–H groups in total. The fourth-order valence-electron chi connectivity index (χ4n) is 5.47. The Labute approximate surface area is 187 Å². The summed E-state index contributed by atoms with van der Waals surface area (Å²) in [5.74, 6) is 0. The molecule has 0 unspecified atom stereocenters. The molecule has 0 radical (unpaired) electrons. The first-order valence-electron chi connectivity index (χ1n) is 12.0.